The third-order valence-corrected chi connectivity index (χ3v) is 5.55. The van der Waals surface area contributed by atoms with E-state index in [-0.39, 0.29) is 17.3 Å². The Kier molecular flexibility index (Phi) is 8.20. The average molecular weight is 445 g/mol. The topological polar surface area (TPSA) is 111 Å². The van der Waals surface area contributed by atoms with Crippen LogP contribution >= 0.6 is 12.2 Å². The van der Waals surface area contributed by atoms with Gasteiger partial charge in [0.1, 0.15) is 5.75 Å². The Morgan fingerprint density at radius 1 is 1.34 bits per heavy atom. The highest BCUT2D eigenvalue weighted by molar-refractivity contribution is 7.87. The summed E-state index contributed by atoms with van der Waals surface area (Å²) >= 11 is 5.36. The SMILES string of the molecule is CNC(=S)N(C(=O)C(C)Cc1ccc(OC)c(NS(=O)(=O)O)c1)N1CCCCC1. The minimum atomic E-state index is -4.45. The summed E-state index contributed by atoms with van der Waals surface area (Å²) in [5.74, 6) is -0.279. The number of rotatable bonds is 7. The number of carbonyl (C=O) groups excluding carboxylic acids is 1. The Bertz CT molecular complexity index is 841. The summed E-state index contributed by atoms with van der Waals surface area (Å²) < 4.78 is 38.6. The molecule has 1 atom stereocenters. The summed E-state index contributed by atoms with van der Waals surface area (Å²) in [5.41, 5.74) is 0.817. The molecule has 1 saturated heterocycles. The Morgan fingerprint density at radius 3 is 2.55 bits per heavy atom. The molecule has 1 heterocycles. The minimum absolute atomic E-state index is 0.103. The predicted molar refractivity (Wildman–Crippen MR) is 115 cm³/mol. The molecule has 0 radical (unpaired) electrons. The molecule has 1 aromatic carbocycles. The van der Waals surface area contributed by atoms with Crippen LogP contribution in [-0.4, -0.2) is 61.3 Å². The number of hydrazine groups is 1. The lowest BCUT2D eigenvalue weighted by Gasteiger charge is -2.38. The number of piperidine rings is 1. The molecule has 9 nitrogen and oxygen atoms in total. The second-order valence-electron chi connectivity index (χ2n) is 6.94. The van der Waals surface area contributed by atoms with E-state index in [2.05, 4.69) is 5.32 Å². The molecule has 1 aliphatic heterocycles. The fraction of sp³-hybridized carbons (Fsp3) is 0.556. The Balaban J connectivity index is 2.20. The second-order valence-corrected chi connectivity index (χ2v) is 8.48. The first kappa shape index (κ1) is 23.3. The van der Waals surface area contributed by atoms with Crippen molar-refractivity contribution in [1.82, 2.24) is 15.3 Å². The van der Waals surface area contributed by atoms with E-state index in [4.69, 9.17) is 21.5 Å². The molecule has 1 fully saturated rings. The third-order valence-electron chi connectivity index (χ3n) is 4.70. The zero-order valence-electron chi connectivity index (χ0n) is 16.8. The number of nitrogens with zero attached hydrogens (tertiary/aromatic N) is 2. The van der Waals surface area contributed by atoms with Gasteiger partial charge < -0.3 is 10.1 Å². The lowest BCUT2D eigenvalue weighted by molar-refractivity contribution is -0.144. The van der Waals surface area contributed by atoms with E-state index >= 15 is 0 Å². The second kappa shape index (κ2) is 10.2. The molecule has 0 aromatic heterocycles. The highest BCUT2D eigenvalue weighted by atomic mass is 32.2. The highest BCUT2D eigenvalue weighted by Crippen LogP contribution is 2.28. The van der Waals surface area contributed by atoms with Gasteiger partial charge in [0.15, 0.2) is 5.11 Å². The van der Waals surface area contributed by atoms with Crippen molar-refractivity contribution in [1.29, 1.82) is 0 Å². The monoisotopic (exact) mass is 444 g/mol. The van der Waals surface area contributed by atoms with Crippen LogP contribution in [0.2, 0.25) is 0 Å². The van der Waals surface area contributed by atoms with Gasteiger partial charge in [-0.25, -0.2) is 10.0 Å². The van der Waals surface area contributed by atoms with Gasteiger partial charge >= 0.3 is 10.3 Å². The third kappa shape index (κ3) is 6.53. The van der Waals surface area contributed by atoms with Crippen LogP contribution in [-0.2, 0) is 21.5 Å². The van der Waals surface area contributed by atoms with Crippen LogP contribution in [0.15, 0.2) is 18.2 Å². The minimum Gasteiger partial charge on any atom is -0.495 e. The van der Waals surface area contributed by atoms with Crippen molar-refractivity contribution in [2.24, 2.45) is 5.92 Å². The molecule has 0 saturated carbocycles. The number of methoxy groups -OCH3 is 1. The number of thiocarbonyl (C=S) groups is 1. The van der Waals surface area contributed by atoms with E-state index in [9.17, 15) is 13.2 Å². The number of amides is 1. The van der Waals surface area contributed by atoms with E-state index in [0.717, 1.165) is 32.4 Å². The molecule has 1 amide bonds. The lowest BCUT2D eigenvalue weighted by atomic mass is 9.99. The number of benzene rings is 1. The maximum atomic E-state index is 13.2. The zero-order valence-corrected chi connectivity index (χ0v) is 18.5. The van der Waals surface area contributed by atoms with Crippen molar-refractivity contribution in [2.75, 3.05) is 32.0 Å². The van der Waals surface area contributed by atoms with Gasteiger partial charge in [0.05, 0.1) is 12.8 Å². The number of ether oxygens (including phenoxy) is 1. The molecule has 2 rings (SSSR count). The van der Waals surface area contributed by atoms with Crippen molar-refractivity contribution in [3.63, 3.8) is 0 Å². The van der Waals surface area contributed by atoms with Crippen molar-refractivity contribution < 1.29 is 22.5 Å². The van der Waals surface area contributed by atoms with E-state index < -0.39 is 16.2 Å². The van der Waals surface area contributed by atoms with E-state index in [1.807, 2.05) is 9.73 Å². The molecule has 0 spiro atoms. The fourth-order valence-electron chi connectivity index (χ4n) is 3.30. The van der Waals surface area contributed by atoms with Gasteiger partial charge in [0.2, 0.25) is 5.91 Å². The van der Waals surface area contributed by atoms with E-state index in [1.165, 1.54) is 13.2 Å². The van der Waals surface area contributed by atoms with Gasteiger partial charge in [0.25, 0.3) is 0 Å². The summed E-state index contributed by atoms with van der Waals surface area (Å²) in [5, 5.41) is 6.75. The quantitative estimate of drug-likeness (QED) is 0.431. The molecule has 1 aromatic rings. The normalized spacial score (nSPS) is 16.0. The predicted octanol–water partition coefficient (Wildman–Crippen LogP) is 1.82. The van der Waals surface area contributed by atoms with Gasteiger partial charge in [-0.15, -0.1) is 0 Å². The standard InChI is InChI=1S/C18H28N4O5S2/c1-13(17(23)22(18(28)19-2)21-9-5-4-6-10-21)11-14-7-8-16(27-3)15(12-14)20-29(24,25)26/h7-8,12-13,20H,4-6,9-11H2,1-3H3,(H,19,28)(H,24,25,26). The molecule has 0 aliphatic carbocycles. The maximum Gasteiger partial charge on any atom is 0.357 e. The zero-order chi connectivity index (χ0) is 21.6. The van der Waals surface area contributed by atoms with Crippen LogP contribution in [0, 0.1) is 5.92 Å². The van der Waals surface area contributed by atoms with Crippen LogP contribution in [0.5, 0.6) is 5.75 Å². The Labute approximate surface area is 177 Å². The van der Waals surface area contributed by atoms with Crippen LogP contribution < -0.4 is 14.8 Å². The van der Waals surface area contributed by atoms with Crippen molar-refractivity contribution in [3.05, 3.63) is 23.8 Å². The highest BCUT2D eigenvalue weighted by Gasteiger charge is 2.30. The smallest absolute Gasteiger partial charge is 0.357 e. The maximum absolute atomic E-state index is 13.2. The molecule has 29 heavy (non-hydrogen) atoms. The molecule has 162 valence electrons. The van der Waals surface area contributed by atoms with E-state index in [0.29, 0.717) is 17.1 Å². The lowest BCUT2D eigenvalue weighted by Crippen LogP contribution is -2.56. The van der Waals surface area contributed by atoms with Gasteiger partial charge in [-0.05, 0) is 49.2 Å². The van der Waals surface area contributed by atoms with Gasteiger partial charge in [-0.2, -0.15) is 8.42 Å². The number of hydrogen-bond donors (Lipinski definition) is 3. The van der Waals surface area contributed by atoms with E-state index in [1.54, 1.807) is 31.1 Å². The fourth-order valence-corrected chi connectivity index (χ4v) is 3.94. The summed E-state index contributed by atoms with van der Waals surface area (Å²) in [7, 11) is -1.37. The van der Waals surface area contributed by atoms with Crippen molar-refractivity contribution >= 4 is 39.2 Å². The number of nitrogens with one attached hydrogen (secondary N) is 2. The molecular formula is C18H28N4O5S2. The first-order valence-corrected chi connectivity index (χ1v) is 11.2. The van der Waals surface area contributed by atoms with Crippen molar-refractivity contribution in [3.8, 4) is 5.75 Å². The molecule has 1 aliphatic rings. The Morgan fingerprint density at radius 2 is 2.00 bits per heavy atom. The summed E-state index contributed by atoms with van der Waals surface area (Å²) in [6.07, 6.45) is 3.51. The Hall–Kier alpha value is -1.95. The van der Waals surface area contributed by atoms with Gasteiger partial charge in [-0.1, -0.05) is 19.4 Å². The molecule has 11 heteroatoms. The van der Waals surface area contributed by atoms with Gasteiger partial charge in [0, 0.05) is 26.1 Å². The number of carbonyl (C=O) groups is 1. The van der Waals surface area contributed by atoms with Gasteiger partial charge in [-0.3, -0.25) is 14.1 Å². The first-order chi connectivity index (χ1) is 13.7. The summed E-state index contributed by atoms with van der Waals surface area (Å²) in [6.45, 7) is 3.34. The number of anilines is 1. The molecule has 3 N–H and O–H groups in total. The first-order valence-electron chi connectivity index (χ1n) is 9.39. The van der Waals surface area contributed by atoms with Crippen LogP contribution in [0.1, 0.15) is 31.7 Å². The van der Waals surface area contributed by atoms with Crippen LogP contribution in [0.3, 0.4) is 0 Å². The summed E-state index contributed by atoms with van der Waals surface area (Å²) in [4.78, 5) is 13.2. The van der Waals surface area contributed by atoms with Crippen molar-refractivity contribution in [2.45, 2.75) is 32.6 Å². The number of hydrogen-bond acceptors (Lipinski definition) is 6. The molecule has 0 bridgehead atoms. The largest absolute Gasteiger partial charge is 0.495 e. The van der Waals surface area contributed by atoms with Crippen LogP contribution in [0.4, 0.5) is 5.69 Å². The molecule has 1 unspecified atom stereocenters. The van der Waals surface area contributed by atoms with Crippen LogP contribution in [0.25, 0.3) is 0 Å². The molecular weight excluding hydrogens is 416 g/mol. The average Bonchev–Trinajstić information content (AvgIpc) is 2.67. The summed E-state index contributed by atoms with van der Waals surface area (Å²) in [6, 6.07) is 4.87.